The Balaban J connectivity index is 1.86. The molecule has 0 aromatic rings. The van der Waals surface area contributed by atoms with E-state index in [1.54, 1.807) is 0 Å². The molecule has 0 spiro atoms. The van der Waals surface area contributed by atoms with Crippen LogP contribution in [-0.4, -0.2) is 61.7 Å². The minimum atomic E-state index is 0.733. The van der Waals surface area contributed by atoms with E-state index >= 15 is 0 Å². The summed E-state index contributed by atoms with van der Waals surface area (Å²) in [5.74, 6) is 0.797. The van der Waals surface area contributed by atoms with Crippen molar-refractivity contribution in [3.63, 3.8) is 0 Å². The first-order valence-electron chi connectivity index (χ1n) is 7.38. The molecule has 2 heterocycles. The molecule has 100 valence electrons. The molecule has 0 aromatic carbocycles. The lowest BCUT2D eigenvalue weighted by molar-refractivity contribution is 0.0570. The van der Waals surface area contributed by atoms with E-state index in [0.29, 0.717) is 0 Å². The van der Waals surface area contributed by atoms with Gasteiger partial charge in [0.05, 0.1) is 0 Å². The van der Waals surface area contributed by atoms with Crippen LogP contribution in [0.25, 0.3) is 0 Å². The minimum absolute atomic E-state index is 0.733. The first-order valence-corrected chi connectivity index (χ1v) is 7.38. The number of hydrogen-bond donors (Lipinski definition) is 1. The maximum Gasteiger partial charge on any atom is 0.0223 e. The van der Waals surface area contributed by atoms with Crippen LogP contribution in [0, 0.1) is 5.92 Å². The lowest BCUT2D eigenvalue weighted by Crippen LogP contribution is -2.54. The van der Waals surface area contributed by atoms with Gasteiger partial charge in [-0.05, 0) is 51.9 Å². The van der Waals surface area contributed by atoms with Gasteiger partial charge in [0.1, 0.15) is 0 Å². The van der Waals surface area contributed by atoms with Crippen molar-refractivity contribution in [3.05, 3.63) is 0 Å². The van der Waals surface area contributed by atoms with Gasteiger partial charge in [0.25, 0.3) is 0 Å². The third kappa shape index (κ3) is 3.21. The van der Waals surface area contributed by atoms with E-state index in [4.69, 9.17) is 0 Å². The van der Waals surface area contributed by atoms with Gasteiger partial charge in [-0.2, -0.15) is 0 Å². The van der Waals surface area contributed by atoms with Crippen LogP contribution in [0.4, 0.5) is 0 Å². The predicted octanol–water partition coefficient (Wildman–Crippen LogP) is 1.40. The molecule has 17 heavy (non-hydrogen) atoms. The van der Waals surface area contributed by atoms with E-state index in [1.165, 1.54) is 52.0 Å². The van der Waals surface area contributed by atoms with E-state index < -0.39 is 0 Å². The van der Waals surface area contributed by atoms with Crippen LogP contribution in [0.1, 0.15) is 33.1 Å². The summed E-state index contributed by atoms with van der Waals surface area (Å²) in [6.45, 7) is 11.1. The summed E-state index contributed by atoms with van der Waals surface area (Å²) in [4.78, 5) is 5.36. The minimum Gasteiger partial charge on any atom is -0.317 e. The Morgan fingerprint density at radius 1 is 1.18 bits per heavy atom. The number of nitrogens with one attached hydrogen (secondary N) is 1. The molecular weight excluding hydrogens is 210 g/mol. The molecule has 0 saturated carbocycles. The first kappa shape index (κ1) is 13.3. The summed E-state index contributed by atoms with van der Waals surface area (Å²) in [6.07, 6.45) is 4.12. The van der Waals surface area contributed by atoms with Crippen molar-refractivity contribution in [2.45, 2.75) is 45.2 Å². The summed E-state index contributed by atoms with van der Waals surface area (Å²) in [5, 5.41) is 3.46. The van der Waals surface area contributed by atoms with Crippen molar-refractivity contribution >= 4 is 0 Å². The van der Waals surface area contributed by atoms with Crippen molar-refractivity contribution in [3.8, 4) is 0 Å². The van der Waals surface area contributed by atoms with Gasteiger partial charge in [-0.15, -0.1) is 0 Å². The Labute approximate surface area is 107 Å². The van der Waals surface area contributed by atoms with Gasteiger partial charge in [0.2, 0.25) is 0 Å². The highest BCUT2D eigenvalue weighted by molar-refractivity contribution is 4.88. The number of nitrogens with zero attached hydrogens (tertiary/aromatic N) is 2. The molecule has 3 atom stereocenters. The molecule has 2 saturated heterocycles. The highest BCUT2D eigenvalue weighted by Crippen LogP contribution is 2.23. The summed E-state index contributed by atoms with van der Waals surface area (Å²) < 4.78 is 0. The zero-order valence-electron chi connectivity index (χ0n) is 11.8. The Morgan fingerprint density at radius 3 is 2.65 bits per heavy atom. The number of likely N-dealkylation sites (tertiary alicyclic amines) is 2. The van der Waals surface area contributed by atoms with Crippen molar-refractivity contribution in [1.82, 2.24) is 15.1 Å². The van der Waals surface area contributed by atoms with E-state index in [9.17, 15) is 0 Å². The van der Waals surface area contributed by atoms with Crippen LogP contribution in [0.2, 0.25) is 0 Å². The van der Waals surface area contributed by atoms with Gasteiger partial charge in [0, 0.05) is 25.2 Å². The fourth-order valence-electron chi connectivity index (χ4n) is 3.55. The third-order valence-electron chi connectivity index (χ3n) is 4.75. The summed E-state index contributed by atoms with van der Waals surface area (Å²) in [7, 11) is 2.11. The quantitative estimate of drug-likeness (QED) is 0.803. The van der Waals surface area contributed by atoms with Crippen LogP contribution in [0.3, 0.4) is 0 Å². The zero-order chi connectivity index (χ0) is 12.3. The molecule has 0 aromatic heterocycles. The summed E-state index contributed by atoms with van der Waals surface area (Å²) >= 11 is 0. The van der Waals surface area contributed by atoms with E-state index in [-0.39, 0.29) is 0 Å². The monoisotopic (exact) mass is 239 g/mol. The van der Waals surface area contributed by atoms with Crippen LogP contribution < -0.4 is 5.32 Å². The van der Waals surface area contributed by atoms with Crippen LogP contribution in [0.15, 0.2) is 0 Å². The van der Waals surface area contributed by atoms with Crippen LogP contribution in [0.5, 0.6) is 0 Å². The molecule has 0 radical (unpaired) electrons. The van der Waals surface area contributed by atoms with E-state index in [0.717, 1.165) is 18.0 Å². The van der Waals surface area contributed by atoms with Crippen molar-refractivity contribution in [2.75, 3.05) is 39.8 Å². The summed E-state index contributed by atoms with van der Waals surface area (Å²) in [6, 6.07) is 1.56. The molecule has 2 fully saturated rings. The Bertz CT molecular complexity index is 232. The fourth-order valence-corrected chi connectivity index (χ4v) is 3.55. The highest BCUT2D eigenvalue weighted by Gasteiger charge is 2.31. The first-order chi connectivity index (χ1) is 8.24. The number of likely N-dealkylation sites (N-methyl/N-ethyl adjacent to an activating group) is 1. The third-order valence-corrected chi connectivity index (χ3v) is 4.75. The van der Waals surface area contributed by atoms with Gasteiger partial charge in [0.15, 0.2) is 0 Å². The van der Waals surface area contributed by atoms with Crippen molar-refractivity contribution in [2.24, 2.45) is 5.92 Å². The van der Waals surface area contributed by atoms with Gasteiger partial charge in [-0.3, -0.25) is 4.90 Å². The number of piperidine rings is 2. The number of rotatable bonds is 3. The molecule has 0 amide bonds. The molecule has 1 N–H and O–H groups in total. The number of hydrogen-bond acceptors (Lipinski definition) is 3. The lowest BCUT2D eigenvalue weighted by Gasteiger charge is -2.44. The normalized spacial score (nSPS) is 37.2. The maximum absolute atomic E-state index is 3.46. The molecule has 2 aliphatic heterocycles. The average molecular weight is 239 g/mol. The van der Waals surface area contributed by atoms with Crippen molar-refractivity contribution < 1.29 is 0 Å². The summed E-state index contributed by atoms with van der Waals surface area (Å²) in [5.41, 5.74) is 0. The molecule has 3 heteroatoms. The second-order valence-electron chi connectivity index (χ2n) is 5.85. The van der Waals surface area contributed by atoms with Gasteiger partial charge < -0.3 is 10.2 Å². The predicted molar refractivity (Wildman–Crippen MR) is 73.3 cm³/mol. The molecular formula is C14H29N3. The van der Waals surface area contributed by atoms with Crippen LogP contribution in [-0.2, 0) is 0 Å². The van der Waals surface area contributed by atoms with E-state index in [2.05, 4.69) is 36.0 Å². The molecule has 3 unspecified atom stereocenters. The average Bonchev–Trinajstić information content (AvgIpc) is 2.38. The SMILES string of the molecule is CCN1CCCC(N2CCC(NC)C(C)C2)C1. The molecule has 0 aliphatic carbocycles. The van der Waals surface area contributed by atoms with Crippen molar-refractivity contribution in [1.29, 1.82) is 0 Å². The Kier molecular flexibility index (Phi) is 4.83. The smallest absolute Gasteiger partial charge is 0.0223 e. The van der Waals surface area contributed by atoms with E-state index in [1.807, 2.05) is 0 Å². The molecule has 3 nitrogen and oxygen atoms in total. The highest BCUT2D eigenvalue weighted by atomic mass is 15.2. The second kappa shape index (κ2) is 6.17. The largest absolute Gasteiger partial charge is 0.317 e. The Hall–Kier alpha value is -0.120. The Morgan fingerprint density at radius 2 is 2.00 bits per heavy atom. The molecule has 0 bridgehead atoms. The fraction of sp³-hybridized carbons (Fsp3) is 1.00. The topological polar surface area (TPSA) is 18.5 Å². The molecule has 2 aliphatic rings. The lowest BCUT2D eigenvalue weighted by atomic mass is 9.91. The van der Waals surface area contributed by atoms with Gasteiger partial charge in [-0.1, -0.05) is 13.8 Å². The van der Waals surface area contributed by atoms with Crippen LogP contribution >= 0.6 is 0 Å². The molecule has 2 rings (SSSR count). The maximum atomic E-state index is 3.46. The second-order valence-corrected chi connectivity index (χ2v) is 5.85. The van der Waals surface area contributed by atoms with Gasteiger partial charge in [-0.25, -0.2) is 0 Å². The van der Waals surface area contributed by atoms with Gasteiger partial charge >= 0.3 is 0 Å². The standard InChI is InChI=1S/C14H29N3/c1-4-16-8-5-6-13(11-16)17-9-7-14(15-3)12(2)10-17/h12-15H,4-11H2,1-3H3. The zero-order valence-corrected chi connectivity index (χ0v) is 11.8.